The number of benzene rings is 3. The quantitative estimate of drug-likeness (QED) is 0.418. The van der Waals surface area contributed by atoms with Crippen molar-refractivity contribution in [2.75, 3.05) is 20.2 Å². The molecule has 4 nitrogen and oxygen atoms in total. The molecule has 4 heteroatoms. The van der Waals surface area contributed by atoms with Gasteiger partial charge in [0.15, 0.2) is 11.5 Å². The fraction of sp³-hybridized carbons (Fsp3) is 0.333. The van der Waals surface area contributed by atoms with E-state index in [1.54, 1.807) is 7.11 Å². The summed E-state index contributed by atoms with van der Waals surface area (Å²) in [6, 6.07) is 24.6. The molecule has 2 aliphatic rings. The molecule has 1 aliphatic heterocycles. The predicted molar refractivity (Wildman–Crippen MR) is 137 cm³/mol. The lowest BCUT2D eigenvalue weighted by Gasteiger charge is -2.27. The van der Waals surface area contributed by atoms with Crippen molar-refractivity contribution >= 4 is 6.08 Å². The van der Waals surface area contributed by atoms with Crippen LogP contribution in [-0.2, 0) is 0 Å². The summed E-state index contributed by atoms with van der Waals surface area (Å²) in [6.45, 7) is 1.89. The highest BCUT2D eigenvalue weighted by Gasteiger charge is 2.22. The molecule has 3 aromatic rings. The summed E-state index contributed by atoms with van der Waals surface area (Å²) < 4.78 is 17.8. The van der Waals surface area contributed by atoms with Crippen LogP contribution in [0.1, 0.15) is 49.1 Å². The fourth-order valence-corrected chi connectivity index (χ4v) is 4.93. The van der Waals surface area contributed by atoms with Crippen LogP contribution in [0.5, 0.6) is 23.0 Å². The molecule has 0 unspecified atom stereocenters. The van der Waals surface area contributed by atoms with E-state index in [-0.39, 0.29) is 0 Å². The number of hydrogen-bond donors (Lipinski definition) is 1. The van der Waals surface area contributed by atoms with Crippen LogP contribution in [0.25, 0.3) is 6.08 Å². The van der Waals surface area contributed by atoms with E-state index in [1.165, 1.54) is 29.5 Å². The van der Waals surface area contributed by atoms with Crippen LogP contribution in [0.4, 0.5) is 0 Å². The zero-order chi connectivity index (χ0) is 23.2. The lowest BCUT2D eigenvalue weighted by Crippen LogP contribution is -2.30. The van der Waals surface area contributed by atoms with Crippen molar-refractivity contribution in [3.63, 3.8) is 0 Å². The molecule has 5 rings (SSSR count). The van der Waals surface area contributed by atoms with E-state index >= 15 is 0 Å². The third-order valence-electron chi connectivity index (χ3n) is 6.74. The standard InChI is InChI=1S/C30H33NO3/c1-32-29-16-13-24(19-30(29)34-27-9-5-6-10-27)25-18-23(20-31-21-25)17-22-11-14-28(15-12-22)33-26-7-3-2-4-8-26/h2-4,7-8,11-17,19,25,27,31H,5-6,9-10,18,20-21H2,1H3/t25-/m1/s1. The topological polar surface area (TPSA) is 39.7 Å². The Morgan fingerprint density at radius 1 is 0.853 bits per heavy atom. The van der Waals surface area contributed by atoms with Gasteiger partial charge in [0.25, 0.3) is 0 Å². The van der Waals surface area contributed by atoms with Crippen molar-refractivity contribution in [1.29, 1.82) is 0 Å². The maximum atomic E-state index is 6.33. The Morgan fingerprint density at radius 2 is 1.62 bits per heavy atom. The van der Waals surface area contributed by atoms with Crippen molar-refractivity contribution in [2.24, 2.45) is 0 Å². The van der Waals surface area contributed by atoms with Gasteiger partial charge in [0.2, 0.25) is 0 Å². The third kappa shape index (κ3) is 5.63. The smallest absolute Gasteiger partial charge is 0.161 e. The monoisotopic (exact) mass is 455 g/mol. The molecule has 0 bridgehead atoms. The minimum absolute atomic E-state index is 0.318. The summed E-state index contributed by atoms with van der Waals surface area (Å²) in [6.07, 6.45) is 8.44. The summed E-state index contributed by atoms with van der Waals surface area (Å²) in [4.78, 5) is 0. The van der Waals surface area contributed by atoms with Gasteiger partial charge in [0.05, 0.1) is 13.2 Å². The lowest BCUT2D eigenvalue weighted by atomic mass is 9.88. The van der Waals surface area contributed by atoms with Gasteiger partial charge in [-0.3, -0.25) is 0 Å². The Bertz CT molecular complexity index is 1100. The predicted octanol–water partition coefficient (Wildman–Crippen LogP) is 6.97. The number of ether oxygens (including phenoxy) is 3. The first-order valence-electron chi connectivity index (χ1n) is 12.3. The van der Waals surface area contributed by atoms with Gasteiger partial charge in [-0.15, -0.1) is 0 Å². The number of hydrogen-bond acceptors (Lipinski definition) is 4. The highest BCUT2D eigenvalue weighted by atomic mass is 16.5. The van der Waals surface area contributed by atoms with Crippen LogP contribution in [0.3, 0.4) is 0 Å². The van der Waals surface area contributed by atoms with Crippen molar-refractivity contribution in [1.82, 2.24) is 5.32 Å². The normalized spacial score (nSPS) is 19.8. The molecule has 0 aromatic heterocycles. The Balaban J connectivity index is 1.27. The van der Waals surface area contributed by atoms with E-state index < -0.39 is 0 Å². The molecule has 34 heavy (non-hydrogen) atoms. The minimum atomic E-state index is 0.318. The average Bonchev–Trinajstić information content (AvgIpc) is 3.39. The van der Waals surface area contributed by atoms with Crippen LogP contribution < -0.4 is 19.5 Å². The van der Waals surface area contributed by atoms with Crippen LogP contribution in [-0.4, -0.2) is 26.3 Å². The van der Waals surface area contributed by atoms with Gasteiger partial charge in [0, 0.05) is 19.0 Å². The Kier molecular flexibility index (Phi) is 7.16. The van der Waals surface area contributed by atoms with Crippen molar-refractivity contribution in [3.8, 4) is 23.0 Å². The molecule has 1 saturated carbocycles. The van der Waals surface area contributed by atoms with Gasteiger partial charge >= 0.3 is 0 Å². The van der Waals surface area contributed by atoms with Crippen molar-refractivity contribution < 1.29 is 14.2 Å². The molecule has 0 spiro atoms. The lowest BCUT2D eigenvalue weighted by molar-refractivity contribution is 0.200. The molecule has 0 radical (unpaired) electrons. The Labute approximate surface area is 202 Å². The first kappa shape index (κ1) is 22.5. The molecule has 1 aliphatic carbocycles. The molecular formula is C30H33NO3. The van der Waals surface area contributed by atoms with E-state index in [9.17, 15) is 0 Å². The Hall–Kier alpha value is -3.24. The van der Waals surface area contributed by atoms with Crippen molar-refractivity contribution in [3.05, 3.63) is 89.5 Å². The average molecular weight is 456 g/mol. The molecule has 1 atom stereocenters. The second-order valence-electron chi connectivity index (χ2n) is 9.25. The zero-order valence-corrected chi connectivity index (χ0v) is 19.8. The summed E-state index contributed by atoms with van der Waals surface area (Å²) in [5, 5.41) is 3.60. The second kappa shape index (κ2) is 10.8. The molecule has 1 heterocycles. The minimum Gasteiger partial charge on any atom is -0.493 e. The number of piperidine rings is 1. The van der Waals surface area contributed by atoms with Crippen molar-refractivity contribution in [2.45, 2.75) is 44.1 Å². The summed E-state index contributed by atoms with van der Waals surface area (Å²) in [7, 11) is 1.72. The molecule has 176 valence electrons. The van der Waals surface area contributed by atoms with E-state index in [1.807, 2.05) is 42.5 Å². The SMILES string of the molecule is COc1ccc([C@H]2CNCC(=Cc3ccc(Oc4ccccc4)cc3)C2)cc1OC1CCCC1. The number of para-hydroxylation sites is 1. The summed E-state index contributed by atoms with van der Waals surface area (Å²) >= 11 is 0. The van der Waals surface area contributed by atoms with Gasteiger partial charge in [-0.05, 0) is 79.6 Å². The van der Waals surface area contributed by atoms with Crippen LogP contribution in [0, 0.1) is 0 Å². The summed E-state index contributed by atoms with van der Waals surface area (Å²) in [5.41, 5.74) is 3.90. The van der Waals surface area contributed by atoms with Gasteiger partial charge in [0.1, 0.15) is 11.5 Å². The maximum Gasteiger partial charge on any atom is 0.161 e. The van der Waals surface area contributed by atoms with E-state index in [2.05, 4.69) is 41.7 Å². The molecule has 1 saturated heterocycles. The molecule has 2 fully saturated rings. The van der Waals surface area contributed by atoms with Crippen LogP contribution in [0.15, 0.2) is 78.4 Å². The van der Waals surface area contributed by atoms with Gasteiger partial charge < -0.3 is 19.5 Å². The highest BCUT2D eigenvalue weighted by Crippen LogP contribution is 2.36. The molecule has 3 aromatic carbocycles. The number of methoxy groups -OCH3 is 1. The molecular weight excluding hydrogens is 422 g/mol. The van der Waals surface area contributed by atoms with E-state index in [4.69, 9.17) is 14.2 Å². The van der Waals surface area contributed by atoms with Gasteiger partial charge in [-0.1, -0.05) is 48.0 Å². The van der Waals surface area contributed by atoms with E-state index in [0.717, 1.165) is 55.4 Å². The number of nitrogens with one attached hydrogen (secondary N) is 1. The zero-order valence-electron chi connectivity index (χ0n) is 19.8. The maximum absolute atomic E-state index is 6.33. The van der Waals surface area contributed by atoms with Gasteiger partial charge in [-0.2, -0.15) is 0 Å². The van der Waals surface area contributed by atoms with E-state index in [0.29, 0.717) is 12.0 Å². The molecule has 1 N–H and O–H groups in total. The first-order chi connectivity index (χ1) is 16.8. The van der Waals surface area contributed by atoms with Gasteiger partial charge in [-0.25, -0.2) is 0 Å². The van der Waals surface area contributed by atoms with Crippen LogP contribution in [0.2, 0.25) is 0 Å². The Morgan fingerprint density at radius 3 is 2.38 bits per heavy atom. The second-order valence-corrected chi connectivity index (χ2v) is 9.25. The third-order valence-corrected chi connectivity index (χ3v) is 6.74. The highest BCUT2D eigenvalue weighted by molar-refractivity contribution is 5.55. The van der Waals surface area contributed by atoms with Crippen LogP contribution >= 0.6 is 0 Å². The molecule has 0 amide bonds. The summed E-state index contributed by atoms with van der Waals surface area (Å²) in [5.74, 6) is 3.83. The first-order valence-corrected chi connectivity index (χ1v) is 12.3. The fourth-order valence-electron chi connectivity index (χ4n) is 4.93. The largest absolute Gasteiger partial charge is 0.493 e. The number of rotatable bonds is 7.